The fourth-order valence-electron chi connectivity index (χ4n) is 6.01. The first-order chi connectivity index (χ1) is 17.7. The van der Waals surface area contributed by atoms with Crippen LogP contribution in [0.4, 0.5) is 14.6 Å². The van der Waals surface area contributed by atoms with E-state index in [1.807, 2.05) is 55.5 Å². The number of nitrogens with zero attached hydrogens (tertiary/aromatic N) is 6. The van der Waals surface area contributed by atoms with Gasteiger partial charge in [0.05, 0.1) is 35.6 Å². The molecule has 3 aromatic rings. The van der Waals surface area contributed by atoms with E-state index in [9.17, 15) is 13.6 Å². The first kappa shape index (κ1) is 24.1. The molecular formula is C27H33F2N7O. The van der Waals surface area contributed by atoms with E-state index in [0.29, 0.717) is 25.2 Å². The molecule has 2 unspecified atom stereocenters. The number of carbonyl (C=O) groups is 1. The van der Waals surface area contributed by atoms with E-state index in [0.717, 1.165) is 47.7 Å². The van der Waals surface area contributed by atoms with Gasteiger partial charge in [0.1, 0.15) is 11.5 Å². The number of carbonyl (C=O) groups excluding carboxylic acids is 1. The molecule has 0 radical (unpaired) electrons. The lowest BCUT2D eigenvalue weighted by molar-refractivity contribution is 0.0796. The van der Waals surface area contributed by atoms with Gasteiger partial charge in [-0.15, -0.1) is 0 Å². The predicted molar refractivity (Wildman–Crippen MR) is 135 cm³/mol. The highest BCUT2D eigenvalue weighted by Gasteiger charge is 2.71. The summed E-state index contributed by atoms with van der Waals surface area (Å²) >= 11 is 0. The van der Waals surface area contributed by atoms with E-state index in [1.165, 1.54) is 5.69 Å². The quantitative estimate of drug-likeness (QED) is 0.523. The van der Waals surface area contributed by atoms with Crippen molar-refractivity contribution in [1.29, 1.82) is 0 Å². The topological polar surface area (TPSA) is 80.9 Å². The molecule has 3 atom stereocenters. The number of halogens is 2. The number of hydrogen-bond donors (Lipinski definition) is 1. The summed E-state index contributed by atoms with van der Waals surface area (Å²) in [6.07, 6.45) is 4.82. The van der Waals surface area contributed by atoms with Gasteiger partial charge in [0.25, 0.3) is 11.8 Å². The van der Waals surface area contributed by atoms with E-state index in [-0.39, 0.29) is 18.0 Å². The normalized spacial score (nSPS) is 23.4. The molecule has 3 aromatic heterocycles. The number of fused-ring (bicyclic) bond motifs is 2. The fourth-order valence-corrected chi connectivity index (χ4v) is 6.01. The average Bonchev–Trinajstić information content (AvgIpc) is 3.49. The number of alkyl halides is 2. The Balaban J connectivity index is 1.19. The largest absolute Gasteiger partial charge is 0.356 e. The van der Waals surface area contributed by atoms with Gasteiger partial charge < -0.3 is 14.8 Å². The molecule has 37 heavy (non-hydrogen) atoms. The minimum absolute atomic E-state index is 0.0226. The first-order valence-electron chi connectivity index (χ1n) is 13.2. The number of amides is 1. The number of nitrogens with one attached hydrogen (secondary N) is 1. The van der Waals surface area contributed by atoms with E-state index >= 15 is 0 Å². The maximum atomic E-state index is 13.6. The van der Waals surface area contributed by atoms with Gasteiger partial charge in [0.2, 0.25) is 0 Å². The highest BCUT2D eigenvalue weighted by Crippen LogP contribution is 2.59. The third-order valence-electron chi connectivity index (χ3n) is 8.19. The minimum Gasteiger partial charge on any atom is -0.356 e. The van der Waals surface area contributed by atoms with Gasteiger partial charge in [0.15, 0.2) is 0 Å². The van der Waals surface area contributed by atoms with Gasteiger partial charge in [-0.3, -0.25) is 9.48 Å². The summed E-state index contributed by atoms with van der Waals surface area (Å²) in [4.78, 5) is 24.6. The van der Waals surface area contributed by atoms with Crippen molar-refractivity contribution in [2.45, 2.75) is 64.5 Å². The number of hydrogen-bond acceptors (Lipinski definition) is 5. The number of aryl methyl sites for hydroxylation is 2. The number of aromatic nitrogens is 5. The van der Waals surface area contributed by atoms with E-state index < -0.39 is 17.8 Å². The Morgan fingerprint density at radius 1 is 1.24 bits per heavy atom. The zero-order valence-corrected chi connectivity index (χ0v) is 21.7. The Bertz CT molecular complexity index is 1350. The predicted octanol–water partition coefficient (Wildman–Crippen LogP) is 3.86. The summed E-state index contributed by atoms with van der Waals surface area (Å²) in [5, 5.41) is 7.94. The second-order valence-electron chi connectivity index (χ2n) is 10.9. The number of imidazole rings is 1. The lowest BCUT2D eigenvalue weighted by atomic mass is 10.1. The van der Waals surface area contributed by atoms with Crippen LogP contribution in [0.1, 0.15) is 78.1 Å². The van der Waals surface area contributed by atoms with Crippen LogP contribution in [0, 0.1) is 11.8 Å². The molecule has 1 aliphatic heterocycles. The number of anilines is 1. The van der Waals surface area contributed by atoms with Gasteiger partial charge in [-0.05, 0) is 50.8 Å². The second kappa shape index (κ2) is 8.63. The van der Waals surface area contributed by atoms with E-state index in [2.05, 4.69) is 10.3 Å². The molecule has 10 heteroatoms. The van der Waals surface area contributed by atoms with Crippen LogP contribution in [-0.4, -0.2) is 49.2 Å². The number of piperidine rings is 1. The zero-order valence-electron chi connectivity index (χ0n) is 21.7. The third-order valence-corrected chi connectivity index (χ3v) is 8.19. The maximum absolute atomic E-state index is 13.6. The molecule has 4 heterocycles. The lowest BCUT2D eigenvalue weighted by Crippen LogP contribution is -2.30. The Labute approximate surface area is 215 Å². The Hall–Kier alpha value is -3.30. The molecule has 0 spiro atoms. The monoisotopic (exact) mass is 509 g/mol. The molecule has 2 fully saturated rings. The fraction of sp³-hybridized carbons (Fsp3) is 0.556. The summed E-state index contributed by atoms with van der Waals surface area (Å²) in [5.74, 6) is -2.94. The molecule has 1 saturated heterocycles. The highest BCUT2D eigenvalue weighted by molar-refractivity contribution is 5.93. The first-order valence-corrected chi connectivity index (χ1v) is 13.2. The molecule has 1 saturated carbocycles. The Kier molecular flexibility index (Phi) is 5.61. The van der Waals surface area contributed by atoms with Crippen molar-refractivity contribution in [3.8, 4) is 0 Å². The van der Waals surface area contributed by atoms with Crippen molar-refractivity contribution in [1.82, 2.24) is 29.6 Å². The average molecular weight is 510 g/mol. The SMILES string of the molecule is CCc1nc(N2CC3C(C2)C3(F)F)ccc1Cc1cc(C(=O)N[C@@H]2CCc3c2ncn3C)n(C(C)C)n1. The molecule has 6 rings (SSSR count). The minimum atomic E-state index is -2.50. The Morgan fingerprint density at radius 2 is 2.00 bits per heavy atom. The second-order valence-corrected chi connectivity index (χ2v) is 10.9. The molecule has 0 bridgehead atoms. The lowest BCUT2D eigenvalue weighted by Gasteiger charge is -2.22. The molecular weight excluding hydrogens is 476 g/mol. The van der Waals surface area contributed by atoms with Crippen LogP contribution < -0.4 is 10.2 Å². The maximum Gasteiger partial charge on any atom is 0.270 e. The van der Waals surface area contributed by atoms with Crippen molar-refractivity contribution < 1.29 is 13.6 Å². The van der Waals surface area contributed by atoms with E-state index in [4.69, 9.17) is 10.1 Å². The summed E-state index contributed by atoms with van der Waals surface area (Å²) < 4.78 is 31.0. The van der Waals surface area contributed by atoms with Crippen LogP contribution in [0.2, 0.25) is 0 Å². The van der Waals surface area contributed by atoms with Crippen LogP contribution in [0.3, 0.4) is 0 Å². The molecule has 0 aromatic carbocycles. The highest BCUT2D eigenvalue weighted by atomic mass is 19.3. The van der Waals surface area contributed by atoms with Gasteiger partial charge in [0, 0.05) is 44.0 Å². The summed E-state index contributed by atoms with van der Waals surface area (Å²) in [6.45, 7) is 6.80. The van der Waals surface area contributed by atoms with Crippen molar-refractivity contribution in [2.24, 2.45) is 18.9 Å². The molecule has 3 aliphatic rings. The number of rotatable bonds is 7. The summed E-state index contributed by atoms with van der Waals surface area (Å²) in [6, 6.07) is 5.75. The number of pyridine rings is 1. The Morgan fingerprint density at radius 3 is 2.70 bits per heavy atom. The molecule has 196 valence electrons. The molecule has 1 amide bonds. The van der Waals surface area contributed by atoms with Gasteiger partial charge in [-0.1, -0.05) is 13.0 Å². The van der Waals surface area contributed by atoms with Crippen LogP contribution in [0.15, 0.2) is 24.5 Å². The summed E-state index contributed by atoms with van der Waals surface area (Å²) in [7, 11) is 1.98. The van der Waals surface area contributed by atoms with E-state index in [1.54, 1.807) is 11.0 Å². The van der Waals surface area contributed by atoms with Crippen LogP contribution in [0.25, 0.3) is 0 Å². The van der Waals surface area contributed by atoms with Crippen molar-refractivity contribution >= 4 is 11.7 Å². The van der Waals surface area contributed by atoms with Gasteiger partial charge in [-0.25, -0.2) is 18.7 Å². The molecule has 1 N–H and O–H groups in total. The zero-order chi connectivity index (χ0) is 26.1. The van der Waals surface area contributed by atoms with Crippen LogP contribution in [0.5, 0.6) is 0 Å². The van der Waals surface area contributed by atoms with Crippen LogP contribution >= 0.6 is 0 Å². The van der Waals surface area contributed by atoms with Crippen molar-refractivity contribution in [2.75, 3.05) is 18.0 Å². The van der Waals surface area contributed by atoms with Crippen molar-refractivity contribution in [3.05, 3.63) is 58.6 Å². The summed E-state index contributed by atoms with van der Waals surface area (Å²) in [5.41, 5.74) is 5.43. The standard InChI is InChI=1S/C27H33F2N7O/c1-5-20-16(6-9-24(31-20)35-12-18-19(13-35)27(18,28)29)10-17-11-23(36(33-17)15(2)3)26(37)32-21-7-8-22-25(21)30-14-34(22)4/h6,9,11,14-15,18-19,21H,5,7-8,10,12-13H2,1-4H3,(H,32,37)/t18?,19?,21-/m1/s1. The van der Waals surface area contributed by atoms with Crippen molar-refractivity contribution in [3.63, 3.8) is 0 Å². The van der Waals surface area contributed by atoms with Gasteiger partial charge >= 0.3 is 0 Å². The smallest absolute Gasteiger partial charge is 0.270 e. The molecule has 8 nitrogen and oxygen atoms in total. The third kappa shape index (κ3) is 4.01. The molecule has 2 aliphatic carbocycles. The van der Waals surface area contributed by atoms with Gasteiger partial charge in [-0.2, -0.15) is 5.10 Å². The van der Waals surface area contributed by atoms with Crippen LogP contribution in [-0.2, 0) is 26.3 Å².